The predicted molar refractivity (Wildman–Crippen MR) is 28.5 cm³/mol. The maximum absolute atomic E-state index is 9.58. The van der Waals surface area contributed by atoms with Gasteiger partial charge in [-0.05, 0) is 0 Å². The molecule has 7 nitrogen and oxygen atoms in total. The predicted octanol–water partition coefficient (Wildman–Crippen LogP) is -7.46. The third-order valence-electron chi connectivity index (χ3n) is 0.258. The molecular formula is H2CaMgO7Si2. The Labute approximate surface area is 110 Å². The van der Waals surface area contributed by atoms with Gasteiger partial charge in [-0.3, -0.25) is 0 Å². The molecule has 0 rings (SSSR count). The van der Waals surface area contributed by atoms with Crippen molar-refractivity contribution in [3.63, 3.8) is 0 Å². The summed E-state index contributed by atoms with van der Waals surface area (Å²) in [4.78, 5) is 53.3. The molecule has 0 aliphatic carbocycles. The molecule has 11 heavy (non-hydrogen) atoms. The van der Waals surface area contributed by atoms with Crippen molar-refractivity contribution in [2.45, 2.75) is 0 Å². The zero-order chi connectivity index (χ0) is 7.71. The zero-order valence-corrected chi connectivity index (χ0v) is 11.0. The van der Waals surface area contributed by atoms with E-state index in [1.165, 1.54) is 0 Å². The maximum Gasteiger partial charge on any atom is 2.00 e. The van der Waals surface area contributed by atoms with E-state index in [1.807, 2.05) is 0 Å². The summed E-state index contributed by atoms with van der Waals surface area (Å²) < 4.78 is 2.79. The molecule has 11 heteroatoms. The van der Waals surface area contributed by atoms with Crippen LogP contribution in [0.15, 0.2) is 0 Å². The van der Waals surface area contributed by atoms with Gasteiger partial charge in [0, 0.05) is 0 Å². The summed E-state index contributed by atoms with van der Waals surface area (Å²) in [5.74, 6) is 0. The van der Waals surface area contributed by atoms with E-state index < -0.39 is 18.1 Å². The van der Waals surface area contributed by atoms with Crippen molar-refractivity contribution >= 4 is 78.9 Å². The molecule has 0 aromatic heterocycles. The second kappa shape index (κ2) is 6.61. The summed E-state index contributed by atoms with van der Waals surface area (Å²) in [6, 6.07) is 0. The van der Waals surface area contributed by atoms with Gasteiger partial charge >= 0.3 is 69.8 Å². The van der Waals surface area contributed by atoms with Gasteiger partial charge in [0.05, 0.1) is 0 Å². The molecule has 0 heterocycles. The average Bonchev–Trinajstić information content (AvgIpc) is 1.14. The van der Waals surface area contributed by atoms with Crippen LogP contribution in [0.5, 0.6) is 0 Å². The van der Waals surface area contributed by atoms with Gasteiger partial charge in [-0.25, -0.2) is 0 Å². The van der Waals surface area contributed by atoms with Crippen LogP contribution in [-0.4, -0.2) is 88.5 Å². The van der Waals surface area contributed by atoms with E-state index in [-0.39, 0.29) is 60.8 Å². The maximum atomic E-state index is 9.58. The fourth-order valence-corrected chi connectivity index (χ4v) is 1.47. The van der Waals surface area contributed by atoms with Crippen LogP contribution >= 0.6 is 0 Å². The molecule has 0 bridgehead atoms. The fourth-order valence-electron chi connectivity index (χ4n) is 0.163. The molecule has 0 spiro atoms. The molecule has 0 aliphatic rings. The fraction of sp³-hybridized carbons (Fsp3) is 0. The van der Waals surface area contributed by atoms with Gasteiger partial charge in [0.25, 0.3) is 0 Å². The van der Waals surface area contributed by atoms with E-state index >= 15 is 0 Å². The van der Waals surface area contributed by atoms with E-state index in [1.54, 1.807) is 0 Å². The van der Waals surface area contributed by atoms with Crippen molar-refractivity contribution in [1.82, 2.24) is 0 Å². The smallest absolute Gasteiger partial charge is 0.862 e. The number of hydrogen-bond donors (Lipinski definition) is 2. The molecular weight excluding hydrogens is 233 g/mol. The molecule has 0 radical (unpaired) electrons. The molecule has 0 fully saturated rings. The van der Waals surface area contributed by atoms with E-state index in [9.17, 15) is 19.2 Å². The first kappa shape index (κ1) is 18.9. The molecule has 0 aromatic rings. The summed E-state index contributed by atoms with van der Waals surface area (Å²) in [5.41, 5.74) is 0. The Hall–Kier alpha value is 2.18. The Kier molecular flexibility index (Phi) is 11.3. The van der Waals surface area contributed by atoms with Gasteiger partial charge in [0.2, 0.25) is 0 Å². The molecule has 0 unspecified atom stereocenters. The van der Waals surface area contributed by atoms with Crippen molar-refractivity contribution < 1.29 is 32.9 Å². The third-order valence-corrected chi connectivity index (χ3v) is 2.32. The molecule has 2 N–H and O–H groups in total. The third kappa shape index (κ3) is 18.9. The van der Waals surface area contributed by atoms with E-state index in [2.05, 4.69) is 4.12 Å². The van der Waals surface area contributed by atoms with E-state index in [0.717, 1.165) is 0 Å². The minimum atomic E-state index is -5.79. The first-order chi connectivity index (χ1) is 3.71. The summed E-state index contributed by atoms with van der Waals surface area (Å²) in [7, 11) is -11.2. The van der Waals surface area contributed by atoms with E-state index in [4.69, 9.17) is 9.59 Å². The normalized spacial score (nSPS) is 11.5. The Morgan fingerprint density at radius 2 is 1.27 bits per heavy atom. The SMILES string of the molecule is [Ca+2].[Mg+2].[O-][Si]([O-])([O-])O[Si]([O-])(O)O. The minimum Gasteiger partial charge on any atom is -0.862 e. The van der Waals surface area contributed by atoms with Crippen LogP contribution in [0.3, 0.4) is 0 Å². The minimum absolute atomic E-state index is 0. The summed E-state index contributed by atoms with van der Waals surface area (Å²) >= 11 is 0. The van der Waals surface area contributed by atoms with Crippen molar-refractivity contribution in [2.24, 2.45) is 0 Å². The van der Waals surface area contributed by atoms with Crippen molar-refractivity contribution in [2.75, 3.05) is 0 Å². The van der Waals surface area contributed by atoms with Gasteiger partial charge in [0.1, 0.15) is 0 Å². The zero-order valence-electron chi connectivity index (χ0n) is 5.35. The standard InChI is InChI=1S/Ca.Mg.H2O7Si2/c;;1-8(2,3)7-9(4,5)6/h;;1-2H/q2*+2;-4. The van der Waals surface area contributed by atoms with Crippen LogP contribution in [0, 0.1) is 0 Å². The van der Waals surface area contributed by atoms with Gasteiger partial charge in [-0.1, -0.05) is 0 Å². The largest absolute Gasteiger partial charge is 2.00 e. The molecule has 0 saturated carbocycles. The molecule has 0 atom stereocenters. The Morgan fingerprint density at radius 3 is 1.27 bits per heavy atom. The van der Waals surface area contributed by atoms with Crippen molar-refractivity contribution in [3.8, 4) is 0 Å². The van der Waals surface area contributed by atoms with Gasteiger partial charge in [-0.2, -0.15) is 0 Å². The second-order valence-electron chi connectivity index (χ2n) is 1.15. The summed E-state index contributed by atoms with van der Waals surface area (Å²) in [5, 5.41) is 0. The molecule has 0 saturated heterocycles. The molecule has 0 amide bonds. The van der Waals surface area contributed by atoms with Gasteiger partial charge < -0.3 is 32.9 Å². The van der Waals surface area contributed by atoms with Crippen LogP contribution in [0.2, 0.25) is 0 Å². The molecule has 56 valence electrons. The first-order valence-corrected chi connectivity index (χ1v) is 5.02. The Morgan fingerprint density at radius 1 is 1.00 bits per heavy atom. The quantitative estimate of drug-likeness (QED) is 0.452. The molecule has 0 aromatic carbocycles. The van der Waals surface area contributed by atoms with Crippen LogP contribution in [0.1, 0.15) is 0 Å². The summed E-state index contributed by atoms with van der Waals surface area (Å²) in [6.45, 7) is 0. The summed E-state index contributed by atoms with van der Waals surface area (Å²) in [6.07, 6.45) is 0. The molecule has 0 aliphatic heterocycles. The van der Waals surface area contributed by atoms with Gasteiger partial charge in [-0.15, -0.1) is 9.05 Å². The van der Waals surface area contributed by atoms with Crippen LogP contribution in [0.25, 0.3) is 0 Å². The average molecular weight is 235 g/mol. The van der Waals surface area contributed by atoms with Gasteiger partial charge in [0.15, 0.2) is 0 Å². The Balaban J connectivity index is -0.000000320. The van der Waals surface area contributed by atoms with E-state index in [0.29, 0.717) is 0 Å². The second-order valence-corrected chi connectivity index (χ2v) is 4.06. The Bertz CT molecular complexity index is 81.6. The monoisotopic (exact) mass is 234 g/mol. The van der Waals surface area contributed by atoms with Crippen LogP contribution in [0.4, 0.5) is 0 Å². The topological polar surface area (TPSA) is 142 Å². The number of rotatable bonds is 2. The first-order valence-electron chi connectivity index (χ1n) is 1.67. The van der Waals surface area contributed by atoms with Crippen LogP contribution < -0.4 is 19.2 Å². The van der Waals surface area contributed by atoms with Crippen LogP contribution in [-0.2, 0) is 4.12 Å². The van der Waals surface area contributed by atoms with Crippen molar-refractivity contribution in [3.05, 3.63) is 0 Å². The van der Waals surface area contributed by atoms with Crippen molar-refractivity contribution in [1.29, 1.82) is 0 Å². The number of hydrogen-bond acceptors (Lipinski definition) is 7.